The summed E-state index contributed by atoms with van der Waals surface area (Å²) in [5.41, 5.74) is 0.475. The van der Waals surface area contributed by atoms with Crippen LogP contribution in [0.5, 0.6) is 0 Å². The molecule has 0 saturated heterocycles. The predicted molar refractivity (Wildman–Crippen MR) is 104 cm³/mol. The molecule has 1 aromatic rings. The van der Waals surface area contributed by atoms with Gasteiger partial charge in [0.05, 0.1) is 17.2 Å². The highest BCUT2D eigenvalue weighted by Crippen LogP contribution is 2.22. The molecule has 0 amide bonds. The summed E-state index contributed by atoms with van der Waals surface area (Å²) in [5.74, 6) is 0.692. The molecule has 0 spiro atoms. The Labute approximate surface area is 154 Å². The molecule has 10 heteroatoms. The second-order valence-electron chi connectivity index (χ2n) is 5.93. The van der Waals surface area contributed by atoms with Crippen molar-refractivity contribution in [3.63, 3.8) is 0 Å². The van der Waals surface area contributed by atoms with E-state index in [9.17, 15) is 18.5 Å². The van der Waals surface area contributed by atoms with Crippen LogP contribution in [0.4, 0.5) is 11.4 Å². The minimum atomic E-state index is -3.00. The number of aliphatic imine (C=N–C) groups is 1. The van der Waals surface area contributed by atoms with Crippen molar-refractivity contribution in [2.75, 3.05) is 37.0 Å². The molecule has 0 aliphatic rings. The fraction of sp³-hybridized carbons (Fsp3) is 0.562. The number of nitrogens with one attached hydrogen (secondary N) is 3. The molecule has 1 aromatic carbocycles. The van der Waals surface area contributed by atoms with Crippen molar-refractivity contribution in [1.82, 2.24) is 10.6 Å². The van der Waals surface area contributed by atoms with Gasteiger partial charge in [-0.3, -0.25) is 15.1 Å². The average molecular weight is 385 g/mol. The molecule has 0 bridgehead atoms. The molecule has 9 nitrogen and oxygen atoms in total. The zero-order valence-electron chi connectivity index (χ0n) is 15.4. The normalized spacial score (nSPS) is 13.1. The molecule has 0 aliphatic heterocycles. The zero-order chi connectivity index (χ0) is 19.6. The maximum absolute atomic E-state index is 11.2. The van der Waals surface area contributed by atoms with Gasteiger partial charge in [0.25, 0.3) is 5.69 Å². The number of nitro groups is 1. The van der Waals surface area contributed by atoms with Crippen LogP contribution in [0.25, 0.3) is 0 Å². The van der Waals surface area contributed by atoms with E-state index in [0.717, 1.165) is 0 Å². The van der Waals surface area contributed by atoms with Gasteiger partial charge in [-0.2, -0.15) is 0 Å². The molecule has 0 saturated carbocycles. The van der Waals surface area contributed by atoms with E-state index in [0.29, 0.717) is 37.7 Å². The van der Waals surface area contributed by atoms with E-state index < -0.39 is 14.8 Å². The van der Waals surface area contributed by atoms with Gasteiger partial charge in [0.15, 0.2) is 5.96 Å². The summed E-state index contributed by atoms with van der Waals surface area (Å²) in [4.78, 5) is 14.9. The first-order valence-electron chi connectivity index (χ1n) is 8.42. The van der Waals surface area contributed by atoms with E-state index in [1.807, 2.05) is 13.8 Å². The highest BCUT2D eigenvalue weighted by molar-refractivity contribution is 7.90. The molecule has 3 N–H and O–H groups in total. The van der Waals surface area contributed by atoms with Gasteiger partial charge >= 0.3 is 0 Å². The summed E-state index contributed by atoms with van der Waals surface area (Å²) < 4.78 is 22.5. The molecule has 0 aliphatic carbocycles. The standard InChI is InChI=1S/C16H27N5O4S/c1-4-17-16(20-13(2)9-12-26(3,24)25)19-11-10-18-14-7-5-6-8-15(14)21(22)23/h5-8,13,18H,4,9-12H2,1-3H3,(H2,17,19,20). The first-order valence-corrected chi connectivity index (χ1v) is 10.5. The van der Waals surface area contributed by atoms with Gasteiger partial charge in [0, 0.05) is 31.5 Å². The largest absolute Gasteiger partial charge is 0.378 e. The van der Waals surface area contributed by atoms with Gasteiger partial charge in [0.2, 0.25) is 0 Å². The van der Waals surface area contributed by atoms with Gasteiger partial charge < -0.3 is 16.0 Å². The third kappa shape index (κ3) is 8.65. The summed E-state index contributed by atoms with van der Waals surface area (Å²) in [5, 5.41) is 20.2. The number of benzene rings is 1. The van der Waals surface area contributed by atoms with E-state index in [1.165, 1.54) is 12.3 Å². The minimum Gasteiger partial charge on any atom is -0.378 e. The van der Waals surface area contributed by atoms with Crippen LogP contribution in [0, 0.1) is 10.1 Å². The number of para-hydroxylation sites is 2. The van der Waals surface area contributed by atoms with Crippen LogP contribution in [-0.2, 0) is 9.84 Å². The first kappa shape index (κ1) is 21.7. The smallest absolute Gasteiger partial charge is 0.292 e. The molecule has 0 fully saturated rings. The Morgan fingerprint density at radius 2 is 2.04 bits per heavy atom. The highest BCUT2D eigenvalue weighted by atomic mass is 32.2. The third-order valence-electron chi connectivity index (χ3n) is 3.45. The third-order valence-corrected chi connectivity index (χ3v) is 4.42. The number of rotatable bonds is 10. The fourth-order valence-electron chi connectivity index (χ4n) is 2.16. The van der Waals surface area contributed by atoms with E-state index >= 15 is 0 Å². The number of hydrogen-bond donors (Lipinski definition) is 3. The summed E-state index contributed by atoms with van der Waals surface area (Å²) in [6.45, 7) is 5.33. The number of sulfone groups is 1. The van der Waals surface area contributed by atoms with Crippen molar-refractivity contribution in [3.8, 4) is 0 Å². The van der Waals surface area contributed by atoms with Gasteiger partial charge in [-0.25, -0.2) is 8.42 Å². The Morgan fingerprint density at radius 1 is 1.35 bits per heavy atom. The molecule has 1 atom stereocenters. The SMILES string of the molecule is CCNC(=NCCNc1ccccc1[N+](=O)[O-])NC(C)CCS(C)(=O)=O. The van der Waals surface area contributed by atoms with E-state index in [1.54, 1.807) is 18.2 Å². The maximum Gasteiger partial charge on any atom is 0.292 e. The second kappa shape index (κ2) is 10.6. The predicted octanol–water partition coefficient (Wildman–Crippen LogP) is 1.39. The summed E-state index contributed by atoms with van der Waals surface area (Å²) in [6, 6.07) is 6.39. The van der Waals surface area contributed by atoms with Crippen LogP contribution < -0.4 is 16.0 Å². The summed E-state index contributed by atoms with van der Waals surface area (Å²) in [7, 11) is -3.00. The monoisotopic (exact) mass is 385 g/mol. The van der Waals surface area contributed by atoms with Crippen molar-refractivity contribution < 1.29 is 13.3 Å². The van der Waals surface area contributed by atoms with E-state index in [4.69, 9.17) is 0 Å². The Balaban J connectivity index is 2.55. The van der Waals surface area contributed by atoms with Crippen LogP contribution in [-0.4, -0.2) is 57.0 Å². The lowest BCUT2D eigenvalue weighted by molar-refractivity contribution is -0.384. The zero-order valence-corrected chi connectivity index (χ0v) is 16.2. The molecular weight excluding hydrogens is 358 g/mol. The summed E-state index contributed by atoms with van der Waals surface area (Å²) >= 11 is 0. The maximum atomic E-state index is 11.2. The molecule has 1 rings (SSSR count). The summed E-state index contributed by atoms with van der Waals surface area (Å²) in [6.07, 6.45) is 1.70. The second-order valence-corrected chi connectivity index (χ2v) is 8.19. The van der Waals surface area contributed by atoms with Gasteiger partial charge in [-0.05, 0) is 26.3 Å². The van der Waals surface area contributed by atoms with Crippen LogP contribution in [0.15, 0.2) is 29.3 Å². The van der Waals surface area contributed by atoms with Gasteiger partial charge in [0.1, 0.15) is 15.5 Å². The number of anilines is 1. The van der Waals surface area contributed by atoms with Crippen LogP contribution in [0.2, 0.25) is 0 Å². The molecule has 0 aromatic heterocycles. The fourth-order valence-corrected chi connectivity index (χ4v) is 2.94. The average Bonchev–Trinajstić information content (AvgIpc) is 2.56. The van der Waals surface area contributed by atoms with Crippen molar-refractivity contribution >= 4 is 27.2 Å². The Bertz CT molecular complexity index is 721. The molecular formula is C16H27N5O4S. The number of guanidine groups is 1. The first-order chi connectivity index (χ1) is 12.2. The van der Waals surface area contributed by atoms with E-state index in [2.05, 4.69) is 20.9 Å². The Hall–Kier alpha value is -2.36. The molecule has 26 heavy (non-hydrogen) atoms. The van der Waals surface area contributed by atoms with Gasteiger partial charge in [-0.15, -0.1) is 0 Å². The van der Waals surface area contributed by atoms with Crippen molar-refractivity contribution in [3.05, 3.63) is 34.4 Å². The molecule has 0 heterocycles. The topological polar surface area (TPSA) is 126 Å². The molecule has 1 unspecified atom stereocenters. The van der Waals surface area contributed by atoms with E-state index in [-0.39, 0.29) is 17.5 Å². The van der Waals surface area contributed by atoms with Crippen molar-refractivity contribution in [2.24, 2.45) is 4.99 Å². The van der Waals surface area contributed by atoms with Crippen LogP contribution >= 0.6 is 0 Å². The van der Waals surface area contributed by atoms with Crippen molar-refractivity contribution in [2.45, 2.75) is 26.3 Å². The molecule has 0 radical (unpaired) electrons. The Morgan fingerprint density at radius 3 is 2.65 bits per heavy atom. The molecule has 146 valence electrons. The number of nitro benzene ring substituents is 1. The quantitative estimate of drug-likeness (QED) is 0.183. The van der Waals surface area contributed by atoms with Gasteiger partial charge in [-0.1, -0.05) is 12.1 Å². The number of hydrogen-bond acceptors (Lipinski definition) is 6. The minimum absolute atomic E-state index is 0.0240. The lowest BCUT2D eigenvalue weighted by Crippen LogP contribution is -2.43. The van der Waals surface area contributed by atoms with Crippen LogP contribution in [0.3, 0.4) is 0 Å². The lowest BCUT2D eigenvalue weighted by atomic mass is 10.2. The Kier molecular flexibility index (Phi) is 8.83. The van der Waals surface area contributed by atoms with Crippen LogP contribution in [0.1, 0.15) is 20.3 Å². The van der Waals surface area contributed by atoms with Crippen molar-refractivity contribution in [1.29, 1.82) is 0 Å². The lowest BCUT2D eigenvalue weighted by Gasteiger charge is -2.17. The number of nitrogens with zero attached hydrogens (tertiary/aromatic N) is 2. The highest BCUT2D eigenvalue weighted by Gasteiger charge is 2.12.